The van der Waals surface area contributed by atoms with Gasteiger partial charge in [-0.1, -0.05) is 85.8 Å². The van der Waals surface area contributed by atoms with Gasteiger partial charge in [-0.2, -0.15) is 0 Å². The smallest absolute Gasteiger partial charge is 0.408 e. The van der Waals surface area contributed by atoms with Crippen LogP contribution in [-0.4, -0.2) is 29.6 Å². The van der Waals surface area contributed by atoms with Crippen LogP contribution in [0.5, 0.6) is 0 Å². The molecule has 0 aliphatic rings. The van der Waals surface area contributed by atoms with Crippen molar-refractivity contribution in [2.45, 2.75) is 31.9 Å². The van der Waals surface area contributed by atoms with Gasteiger partial charge in [-0.25, -0.2) is 4.79 Å². The van der Waals surface area contributed by atoms with E-state index in [0.29, 0.717) is 13.0 Å². The molecule has 4 rings (SSSR count). The lowest BCUT2D eigenvalue weighted by atomic mass is 10.0. The number of aromatic amines is 1. The van der Waals surface area contributed by atoms with E-state index in [4.69, 9.17) is 4.74 Å². The summed E-state index contributed by atoms with van der Waals surface area (Å²) in [6, 6.07) is 26.6. The molecular formula is C28H29N3O3. The number of alkyl carbamates (subject to hydrolysis) is 1. The molecule has 0 saturated carbocycles. The van der Waals surface area contributed by atoms with Crippen LogP contribution in [0, 0.1) is 0 Å². The molecule has 174 valence electrons. The summed E-state index contributed by atoms with van der Waals surface area (Å²) < 4.78 is 5.37. The van der Waals surface area contributed by atoms with Crippen molar-refractivity contribution in [1.29, 1.82) is 0 Å². The van der Waals surface area contributed by atoms with E-state index >= 15 is 0 Å². The quantitative estimate of drug-likeness (QED) is 0.335. The van der Waals surface area contributed by atoms with Crippen LogP contribution in [0.2, 0.25) is 0 Å². The number of nitrogens with one attached hydrogen (secondary N) is 3. The van der Waals surface area contributed by atoms with Gasteiger partial charge in [0.25, 0.3) is 0 Å². The maximum atomic E-state index is 13.2. The number of hydrogen-bond donors (Lipinski definition) is 3. The number of benzene rings is 3. The second-order valence-corrected chi connectivity index (χ2v) is 8.38. The number of amides is 2. The summed E-state index contributed by atoms with van der Waals surface area (Å²) in [6.45, 7) is 2.67. The number of carbonyl (C=O) groups is 2. The first kappa shape index (κ1) is 23.1. The van der Waals surface area contributed by atoms with Crippen LogP contribution in [-0.2, 0) is 22.6 Å². The SMILES string of the molecule is CC(CNC(=O)[C@H](Cc1c[nH]c2ccccc12)NC(=O)OCc1ccccc1)c1ccccc1. The molecule has 34 heavy (non-hydrogen) atoms. The molecule has 0 spiro atoms. The van der Waals surface area contributed by atoms with Crippen molar-refractivity contribution < 1.29 is 14.3 Å². The van der Waals surface area contributed by atoms with E-state index in [1.165, 1.54) is 0 Å². The number of rotatable bonds is 9. The van der Waals surface area contributed by atoms with E-state index in [1.807, 2.05) is 91.1 Å². The van der Waals surface area contributed by atoms with E-state index in [9.17, 15) is 9.59 Å². The fourth-order valence-electron chi connectivity index (χ4n) is 3.91. The number of H-pyrrole nitrogens is 1. The number of para-hydroxylation sites is 1. The summed E-state index contributed by atoms with van der Waals surface area (Å²) >= 11 is 0. The van der Waals surface area contributed by atoms with Gasteiger partial charge in [0.1, 0.15) is 12.6 Å². The second-order valence-electron chi connectivity index (χ2n) is 8.38. The Balaban J connectivity index is 1.43. The summed E-state index contributed by atoms with van der Waals surface area (Å²) in [5, 5.41) is 6.79. The van der Waals surface area contributed by atoms with Gasteiger partial charge in [-0.3, -0.25) is 4.79 Å². The minimum absolute atomic E-state index is 0.138. The van der Waals surface area contributed by atoms with E-state index in [-0.39, 0.29) is 18.4 Å². The molecule has 1 aromatic heterocycles. The highest BCUT2D eigenvalue weighted by molar-refractivity contribution is 5.88. The third-order valence-corrected chi connectivity index (χ3v) is 5.87. The fraction of sp³-hybridized carbons (Fsp3) is 0.214. The molecule has 1 heterocycles. The van der Waals surface area contributed by atoms with Crippen LogP contribution >= 0.6 is 0 Å². The molecule has 6 nitrogen and oxygen atoms in total. The van der Waals surface area contributed by atoms with Gasteiger partial charge < -0.3 is 20.4 Å². The maximum absolute atomic E-state index is 13.2. The molecule has 0 aliphatic heterocycles. The normalized spacial score (nSPS) is 12.6. The molecule has 0 fully saturated rings. The molecule has 0 aliphatic carbocycles. The van der Waals surface area contributed by atoms with Crippen LogP contribution in [0.4, 0.5) is 4.79 Å². The van der Waals surface area contributed by atoms with E-state index in [2.05, 4.69) is 22.5 Å². The topological polar surface area (TPSA) is 83.2 Å². The molecule has 3 N–H and O–H groups in total. The Kier molecular flexibility index (Phi) is 7.60. The van der Waals surface area contributed by atoms with Gasteiger partial charge in [0.2, 0.25) is 5.91 Å². The predicted molar refractivity (Wildman–Crippen MR) is 133 cm³/mol. The zero-order valence-electron chi connectivity index (χ0n) is 19.2. The van der Waals surface area contributed by atoms with Crippen LogP contribution in [0.25, 0.3) is 10.9 Å². The van der Waals surface area contributed by atoms with Gasteiger partial charge in [0.15, 0.2) is 0 Å². The minimum atomic E-state index is -0.773. The third-order valence-electron chi connectivity index (χ3n) is 5.87. The average molecular weight is 456 g/mol. The molecule has 1 unspecified atom stereocenters. The summed E-state index contributed by atoms with van der Waals surface area (Å²) in [4.78, 5) is 28.9. The van der Waals surface area contributed by atoms with Gasteiger partial charge in [0, 0.05) is 30.1 Å². The molecule has 2 amide bonds. The van der Waals surface area contributed by atoms with Crippen LogP contribution in [0.15, 0.2) is 91.1 Å². The van der Waals surface area contributed by atoms with Crippen LogP contribution < -0.4 is 10.6 Å². The van der Waals surface area contributed by atoms with Crippen LogP contribution in [0.1, 0.15) is 29.5 Å². The van der Waals surface area contributed by atoms with Gasteiger partial charge >= 0.3 is 6.09 Å². The Morgan fingerprint density at radius 3 is 2.35 bits per heavy atom. The van der Waals surface area contributed by atoms with Crippen molar-refractivity contribution >= 4 is 22.9 Å². The van der Waals surface area contributed by atoms with Crippen molar-refractivity contribution in [3.63, 3.8) is 0 Å². The molecule has 0 bridgehead atoms. The lowest BCUT2D eigenvalue weighted by Crippen LogP contribution is -2.48. The predicted octanol–water partition coefficient (Wildman–Crippen LogP) is 4.93. The van der Waals surface area contributed by atoms with Crippen molar-refractivity contribution in [3.05, 3.63) is 108 Å². The summed E-state index contributed by atoms with van der Waals surface area (Å²) in [5.41, 5.74) is 3.97. The molecule has 6 heteroatoms. The highest BCUT2D eigenvalue weighted by Gasteiger charge is 2.24. The average Bonchev–Trinajstić information content (AvgIpc) is 3.29. The molecule has 3 aromatic carbocycles. The number of aromatic nitrogens is 1. The molecule has 0 saturated heterocycles. The first-order chi connectivity index (χ1) is 16.6. The van der Waals surface area contributed by atoms with Crippen molar-refractivity contribution in [1.82, 2.24) is 15.6 Å². The Morgan fingerprint density at radius 2 is 1.59 bits per heavy atom. The van der Waals surface area contributed by atoms with E-state index < -0.39 is 12.1 Å². The zero-order valence-corrected chi connectivity index (χ0v) is 19.2. The van der Waals surface area contributed by atoms with Crippen molar-refractivity contribution in [2.75, 3.05) is 6.54 Å². The van der Waals surface area contributed by atoms with Gasteiger partial charge in [0.05, 0.1) is 0 Å². The number of carbonyl (C=O) groups excluding carboxylic acids is 2. The number of hydrogen-bond acceptors (Lipinski definition) is 3. The highest BCUT2D eigenvalue weighted by atomic mass is 16.5. The lowest BCUT2D eigenvalue weighted by molar-refractivity contribution is -0.123. The molecule has 0 radical (unpaired) electrons. The van der Waals surface area contributed by atoms with Gasteiger partial charge in [-0.05, 0) is 28.7 Å². The van der Waals surface area contributed by atoms with Crippen LogP contribution in [0.3, 0.4) is 0 Å². The summed E-state index contributed by atoms with van der Waals surface area (Å²) in [7, 11) is 0. The van der Waals surface area contributed by atoms with Gasteiger partial charge in [-0.15, -0.1) is 0 Å². The first-order valence-corrected chi connectivity index (χ1v) is 11.4. The molecule has 2 atom stereocenters. The molecule has 4 aromatic rings. The van der Waals surface area contributed by atoms with E-state index in [0.717, 1.165) is 27.6 Å². The fourth-order valence-corrected chi connectivity index (χ4v) is 3.91. The Morgan fingerprint density at radius 1 is 0.912 bits per heavy atom. The third kappa shape index (κ3) is 6.04. The van der Waals surface area contributed by atoms with Crippen molar-refractivity contribution in [3.8, 4) is 0 Å². The van der Waals surface area contributed by atoms with Crippen molar-refractivity contribution in [2.24, 2.45) is 0 Å². The standard InChI is InChI=1S/C28H29N3O3/c1-20(22-12-6-3-7-13-22)17-30-27(32)26(16-23-18-29-25-15-9-8-14-24(23)25)31-28(33)34-19-21-10-4-2-5-11-21/h2-15,18,20,26,29H,16-17,19H2,1H3,(H,30,32)(H,31,33)/t20?,26-/m0/s1. The second kappa shape index (κ2) is 11.2. The summed E-state index contributed by atoms with van der Waals surface area (Å²) in [6.07, 6.45) is 1.60. The monoisotopic (exact) mass is 455 g/mol. The largest absolute Gasteiger partial charge is 0.445 e. The minimum Gasteiger partial charge on any atom is -0.445 e. The number of ether oxygens (including phenoxy) is 1. The number of fused-ring (bicyclic) bond motifs is 1. The lowest BCUT2D eigenvalue weighted by Gasteiger charge is -2.20. The Labute approximate surface area is 199 Å². The highest BCUT2D eigenvalue weighted by Crippen LogP contribution is 2.19. The van der Waals surface area contributed by atoms with E-state index in [1.54, 1.807) is 0 Å². The first-order valence-electron chi connectivity index (χ1n) is 11.4. The Hall–Kier alpha value is -4.06. The Bertz CT molecular complexity index is 1220. The summed E-state index contributed by atoms with van der Waals surface area (Å²) in [5.74, 6) is -0.103. The zero-order chi connectivity index (χ0) is 23.8. The molecular weight excluding hydrogens is 426 g/mol. The maximum Gasteiger partial charge on any atom is 0.408 e.